The predicted octanol–water partition coefficient (Wildman–Crippen LogP) is 15.4. The molecule has 0 aliphatic rings. The van der Waals surface area contributed by atoms with Crippen LogP contribution in [0.2, 0.25) is 0 Å². The fourth-order valence-electron chi connectivity index (χ4n) is 8.80. The Kier molecular flexibility index (Phi) is 7.25. The van der Waals surface area contributed by atoms with Crippen molar-refractivity contribution in [2.75, 3.05) is 4.90 Å². The van der Waals surface area contributed by atoms with Crippen LogP contribution in [0.25, 0.3) is 86.9 Å². The van der Waals surface area contributed by atoms with Gasteiger partial charge in [-0.25, -0.2) is 0 Å². The zero-order chi connectivity index (χ0) is 36.3. The van der Waals surface area contributed by atoms with Crippen molar-refractivity contribution < 1.29 is 0 Å². The molecule has 0 spiro atoms. The number of benzene rings is 11. The van der Waals surface area contributed by atoms with Crippen LogP contribution in [0.3, 0.4) is 0 Å². The molecule has 0 bridgehead atoms. The van der Waals surface area contributed by atoms with E-state index in [9.17, 15) is 0 Å². The average Bonchev–Trinajstić information content (AvgIpc) is 3.26. The molecule has 256 valence electrons. The highest BCUT2D eigenvalue weighted by Crippen LogP contribution is 2.46. The summed E-state index contributed by atoms with van der Waals surface area (Å²) in [6.07, 6.45) is 0. The van der Waals surface area contributed by atoms with E-state index in [2.05, 4.69) is 217 Å². The number of nitrogens with zero attached hydrogens (tertiary/aromatic N) is 1. The molecule has 0 saturated carbocycles. The van der Waals surface area contributed by atoms with Crippen LogP contribution >= 0.6 is 0 Å². The van der Waals surface area contributed by atoms with E-state index >= 15 is 0 Å². The maximum absolute atomic E-state index is 2.44. The van der Waals surface area contributed by atoms with Gasteiger partial charge in [0.05, 0.1) is 5.69 Å². The van der Waals surface area contributed by atoms with Crippen LogP contribution in [0.4, 0.5) is 17.1 Å². The monoisotopic (exact) mass is 697 g/mol. The first-order valence-electron chi connectivity index (χ1n) is 19.0. The summed E-state index contributed by atoms with van der Waals surface area (Å²) >= 11 is 0. The van der Waals surface area contributed by atoms with Gasteiger partial charge in [0.2, 0.25) is 0 Å². The second-order valence-electron chi connectivity index (χ2n) is 14.5. The number of para-hydroxylation sites is 1. The third-order valence-corrected chi connectivity index (χ3v) is 11.4. The van der Waals surface area contributed by atoms with Crippen LogP contribution in [0.1, 0.15) is 0 Å². The van der Waals surface area contributed by atoms with Crippen LogP contribution in [0.15, 0.2) is 212 Å². The van der Waals surface area contributed by atoms with Crippen LogP contribution in [-0.4, -0.2) is 0 Å². The molecule has 0 N–H and O–H groups in total. The third-order valence-electron chi connectivity index (χ3n) is 11.4. The molecule has 0 radical (unpaired) electrons. The highest BCUT2D eigenvalue weighted by atomic mass is 15.1. The lowest BCUT2D eigenvalue weighted by Crippen LogP contribution is -2.11. The van der Waals surface area contributed by atoms with Crippen LogP contribution in [0, 0.1) is 0 Å². The SMILES string of the molecule is c1ccc(N(c2ccc(-c3cc4ccccc4c4ccccc34)cc2)c2c(-c3ccc4c(ccc5ccc6ccccc6c54)c3)ccc3ccccc23)cc1. The second-order valence-corrected chi connectivity index (χ2v) is 14.5. The molecule has 11 rings (SSSR count). The minimum atomic E-state index is 1.11. The minimum Gasteiger partial charge on any atom is -0.309 e. The van der Waals surface area contributed by atoms with E-state index in [0.29, 0.717) is 0 Å². The standard InChI is InChI=1S/C54H35N/c1-2-15-43(16-3-1)55(44-30-26-38(27-31-44)52-35-40-14-6-7-17-45(40)50-20-10-11-21-51(50)52)54-48-19-9-5-13-37(48)28-33-49(54)42-29-32-47-41(34-42)25-24-39-23-22-36-12-4-8-18-46(36)53(39)47/h1-35H. The molecule has 11 aromatic carbocycles. The molecular weight excluding hydrogens is 663 g/mol. The normalized spacial score (nSPS) is 11.6. The maximum Gasteiger partial charge on any atom is 0.0618 e. The summed E-state index contributed by atoms with van der Waals surface area (Å²) < 4.78 is 0. The van der Waals surface area contributed by atoms with E-state index in [0.717, 1.165) is 11.4 Å². The van der Waals surface area contributed by atoms with Crippen molar-refractivity contribution in [3.05, 3.63) is 212 Å². The van der Waals surface area contributed by atoms with Crippen molar-refractivity contribution in [2.45, 2.75) is 0 Å². The maximum atomic E-state index is 2.44. The zero-order valence-electron chi connectivity index (χ0n) is 30.2. The van der Waals surface area contributed by atoms with Gasteiger partial charge in [0.1, 0.15) is 0 Å². The van der Waals surface area contributed by atoms with E-state index in [1.54, 1.807) is 0 Å². The van der Waals surface area contributed by atoms with Crippen molar-refractivity contribution >= 4 is 81.7 Å². The average molecular weight is 698 g/mol. The summed E-state index contributed by atoms with van der Waals surface area (Å²) in [5, 5.41) is 15.1. The zero-order valence-corrected chi connectivity index (χ0v) is 30.2. The van der Waals surface area contributed by atoms with Gasteiger partial charge in [-0.3, -0.25) is 0 Å². The van der Waals surface area contributed by atoms with Gasteiger partial charge in [-0.15, -0.1) is 0 Å². The first kappa shape index (κ1) is 31.3. The number of hydrogen-bond acceptors (Lipinski definition) is 1. The lowest BCUT2D eigenvalue weighted by molar-refractivity contribution is 1.30. The van der Waals surface area contributed by atoms with Crippen molar-refractivity contribution in [2.24, 2.45) is 0 Å². The van der Waals surface area contributed by atoms with E-state index in [4.69, 9.17) is 0 Å². The minimum absolute atomic E-state index is 1.11. The van der Waals surface area contributed by atoms with Gasteiger partial charge in [0.25, 0.3) is 0 Å². The number of anilines is 3. The van der Waals surface area contributed by atoms with Crippen LogP contribution in [-0.2, 0) is 0 Å². The van der Waals surface area contributed by atoms with Crippen LogP contribution in [0.5, 0.6) is 0 Å². The van der Waals surface area contributed by atoms with E-state index < -0.39 is 0 Å². The molecule has 0 amide bonds. The Hall–Kier alpha value is -7.22. The van der Waals surface area contributed by atoms with E-state index in [-0.39, 0.29) is 0 Å². The number of fused-ring (bicyclic) bond motifs is 9. The van der Waals surface area contributed by atoms with Gasteiger partial charge in [-0.2, -0.15) is 0 Å². The molecule has 0 aliphatic carbocycles. The Morgan fingerprint density at radius 1 is 0.255 bits per heavy atom. The van der Waals surface area contributed by atoms with E-state index in [1.165, 1.54) is 92.6 Å². The van der Waals surface area contributed by atoms with Crippen molar-refractivity contribution in [1.29, 1.82) is 0 Å². The molecule has 1 nitrogen and oxygen atoms in total. The Balaban J connectivity index is 1.11. The summed E-state index contributed by atoms with van der Waals surface area (Å²) in [5.74, 6) is 0. The van der Waals surface area contributed by atoms with Crippen LogP contribution < -0.4 is 4.90 Å². The lowest BCUT2D eigenvalue weighted by atomic mass is 9.92. The second kappa shape index (κ2) is 12.7. The number of hydrogen-bond donors (Lipinski definition) is 0. The fourth-order valence-corrected chi connectivity index (χ4v) is 8.80. The molecule has 0 unspecified atom stereocenters. The highest BCUT2D eigenvalue weighted by molar-refractivity contribution is 6.21. The predicted molar refractivity (Wildman–Crippen MR) is 237 cm³/mol. The van der Waals surface area contributed by atoms with Gasteiger partial charge < -0.3 is 4.90 Å². The highest BCUT2D eigenvalue weighted by Gasteiger charge is 2.21. The molecular formula is C54H35N. The van der Waals surface area contributed by atoms with Gasteiger partial charge in [0.15, 0.2) is 0 Å². The molecule has 0 saturated heterocycles. The Bertz CT molecular complexity index is 3250. The lowest BCUT2D eigenvalue weighted by Gasteiger charge is -2.29. The molecule has 0 heterocycles. The molecule has 0 fully saturated rings. The summed E-state index contributed by atoms with van der Waals surface area (Å²) in [5.41, 5.74) is 8.21. The Morgan fingerprint density at radius 2 is 0.764 bits per heavy atom. The van der Waals surface area contributed by atoms with Crippen molar-refractivity contribution in [1.82, 2.24) is 0 Å². The van der Waals surface area contributed by atoms with Gasteiger partial charge >= 0.3 is 0 Å². The summed E-state index contributed by atoms with van der Waals surface area (Å²) in [7, 11) is 0. The van der Waals surface area contributed by atoms with Gasteiger partial charge in [0, 0.05) is 22.3 Å². The molecule has 55 heavy (non-hydrogen) atoms. The summed E-state index contributed by atoms with van der Waals surface area (Å²) in [6.45, 7) is 0. The van der Waals surface area contributed by atoms with Gasteiger partial charge in [-0.05, 0) is 112 Å². The first-order valence-corrected chi connectivity index (χ1v) is 19.0. The smallest absolute Gasteiger partial charge is 0.0618 e. The Labute approximate surface area is 320 Å². The molecule has 1 heteroatoms. The topological polar surface area (TPSA) is 3.24 Å². The van der Waals surface area contributed by atoms with Crippen molar-refractivity contribution in [3.63, 3.8) is 0 Å². The van der Waals surface area contributed by atoms with Crippen molar-refractivity contribution in [3.8, 4) is 22.3 Å². The molecule has 0 atom stereocenters. The molecule has 0 aliphatic heterocycles. The Morgan fingerprint density at radius 3 is 1.55 bits per heavy atom. The first-order chi connectivity index (χ1) is 27.3. The van der Waals surface area contributed by atoms with E-state index in [1.807, 2.05) is 0 Å². The molecule has 11 aromatic rings. The third kappa shape index (κ3) is 5.16. The summed E-state index contributed by atoms with van der Waals surface area (Å²) in [6, 6.07) is 77.9. The fraction of sp³-hybridized carbons (Fsp3) is 0. The largest absolute Gasteiger partial charge is 0.309 e. The quantitative estimate of drug-likeness (QED) is 0.162. The molecule has 0 aromatic heterocycles. The number of rotatable bonds is 5. The van der Waals surface area contributed by atoms with Gasteiger partial charge in [-0.1, -0.05) is 176 Å². The summed E-state index contributed by atoms with van der Waals surface area (Å²) in [4.78, 5) is 2.44.